The van der Waals surface area contributed by atoms with Gasteiger partial charge in [-0.3, -0.25) is 4.98 Å². The fourth-order valence-electron chi connectivity index (χ4n) is 1.97. The molecular weight excluding hydrogens is 283 g/mol. The summed E-state index contributed by atoms with van der Waals surface area (Å²) < 4.78 is 2.10. The molecule has 0 fully saturated rings. The second-order valence-corrected chi connectivity index (χ2v) is 5.21. The Hall–Kier alpha value is -1.10. The summed E-state index contributed by atoms with van der Waals surface area (Å²) in [4.78, 5) is 8.54. The van der Waals surface area contributed by atoms with Crippen molar-refractivity contribution < 1.29 is 0 Å². The maximum Gasteiger partial charge on any atom is 0.110 e. The molecule has 1 unspecified atom stereocenters. The normalized spacial score (nSPS) is 12.6. The van der Waals surface area contributed by atoms with Crippen LogP contribution in [0.15, 0.2) is 24.7 Å². The van der Waals surface area contributed by atoms with E-state index >= 15 is 0 Å². The SMILES string of the molecule is CCCn1ccnc1CC(N)c1ncc(Cl)cc1Cl. The number of hydrogen-bond donors (Lipinski definition) is 1. The molecule has 0 amide bonds. The number of pyridine rings is 1. The van der Waals surface area contributed by atoms with Crippen molar-refractivity contribution in [3.05, 3.63) is 46.2 Å². The zero-order valence-electron chi connectivity index (χ0n) is 10.7. The molecule has 0 aromatic carbocycles. The molecule has 2 aromatic rings. The van der Waals surface area contributed by atoms with Gasteiger partial charge in [0.2, 0.25) is 0 Å². The Labute approximate surface area is 122 Å². The molecule has 4 nitrogen and oxygen atoms in total. The highest BCUT2D eigenvalue weighted by Crippen LogP contribution is 2.24. The molecule has 2 heterocycles. The minimum absolute atomic E-state index is 0.289. The van der Waals surface area contributed by atoms with Crippen molar-refractivity contribution in [2.45, 2.75) is 32.4 Å². The monoisotopic (exact) mass is 298 g/mol. The van der Waals surface area contributed by atoms with E-state index in [1.54, 1.807) is 18.5 Å². The number of aromatic nitrogens is 3. The van der Waals surface area contributed by atoms with Crippen molar-refractivity contribution in [3.8, 4) is 0 Å². The lowest BCUT2D eigenvalue weighted by molar-refractivity contribution is 0.592. The van der Waals surface area contributed by atoms with Gasteiger partial charge in [0.05, 0.1) is 21.8 Å². The van der Waals surface area contributed by atoms with Gasteiger partial charge in [0, 0.05) is 31.6 Å². The van der Waals surface area contributed by atoms with Gasteiger partial charge in [-0.25, -0.2) is 4.98 Å². The lowest BCUT2D eigenvalue weighted by Gasteiger charge is -2.13. The fraction of sp³-hybridized carbons (Fsp3) is 0.385. The first-order chi connectivity index (χ1) is 9.11. The summed E-state index contributed by atoms with van der Waals surface area (Å²) in [5, 5.41) is 1.00. The maximum absolute atomic E-state index is 6.16. The van der Waals surface area contributed by atoms with Gasteiger partial charge in [0.15, 0.2) is 0 Å². The van der Waals surface area contributed by atoms with Gasteiger partial charge in [0.25, 0.3) is 0 Å². The molecule has 102 valence electrons. The number of nitrogens with zero attached hydrogens (tertiary/aromatic N) is 3. The summed E-state index contributed by atoms with van der Waals surface area (Å²) in [5.41, 5.74) is 6.81. The summed E-state index contributed by atoms with van der Waals surface area (Å²) >= 11 is 11.9. The molecular formula is C13H16Cl2N4. The summed E-state index contributed by atoms with van der Waals surface area (Å²) in [6.45, 7) is 3.06. The second-order valence-electron chi connectivity index (χ2n) is 4.37. The van der Waals surface area contributed by atoms with E-state index in [9.17, 15) is 0 Å². The topological polar surface area (TPSA) is 56.7 Å². The van der Waals surface area contributed by atoms with Crippen LogP contribution in [0.25, 0.3) is 0 Å². The molecule has 2 aromatic heterocycles. The average molecular weight is 299 g/mol. The molecule has 0 spiro atoms. The minimum Gasteiger partial charge on any atom is -0.335 e. The standard InChI is InChI=1S/C13H16Cl2N4/c1-2-4-19-5-3-17-12(19)7-11(16)13-10(15)6-9(14)8-18-13/h3,5-6,8,11H,2,4,7,16H2,1H3. The number of imidazole rings is 1. The lowest BCUT2D eigenvalue weighted by atomic mass is 10.1. The van der Waals surface area contributed by atoms with E-state index in [-0.39, 0.29) is 6.04 Å². The van der Waals surface area contributed by atoms with Crippen molar-refractivity contribution in [1.29, 1.82) is 0 Å². The van der Waals surface area contributed by atoms with E-state index < -0.39 is 0 Å². The van der Waals surface area contributed by atoms with Gasteiger partial charge >= 0.3 is 0 Å². The largest absolute Gasteiger partial charge is 0.335 e. The van der Waals surface area contributed by atoms with Crippen molar-refractivity contribution in [2.75, 3.05) is 0 Å². The number of rotatable bonds is 5. The average Bonchev–Trinajstić information content (AvgIpc) is 2.77. The van der Waals surface area contributed by atoms with Crippen LogP contribution in [-0.4, -0.2) is 14.5 Å². The zero-order chi connectivity index (χ0) is 13.8. The summed E-state index contributed by atoms with van der Waals surface area (Å²) in [6.07, 6.45) is 6.96. The maximum atomic E-state index is 6.16. The molecule has 0 bridgehead atoms. The Morgan fingerprint density at radius 2 is 2.16 bits per heavy atom. The van der Waals surface area contributed by atoms with Crippen molar-refractivity contribution in [1.82, 2.24) is 14.5 Å². The first-order valence-electron chi connectivity index (χ1n) is 6.18. The van der Waals surface area contributed by atoms with Gasteiger partial charge < -0.3 is 10.3 Å². The van der Waals surface area contributed by atoms with E-state index in [4.69, 9.17) is 28.9 Å². The molecule has 0 aliphatic carbocycles. The summed E-state index contributed by atoms with van der Waals surface area (Å²) in [6, 6.07) is 1.37. The van der Waals surface area contributed by atoms with Crippen molar-refractivity contribution >= 4 is 23.2 Å². The highest BCUT2D eigenvalue weighted by atomic mass is 35.5. The Morgan fingerprint density at radius 1 is 1.37 bits per heavy atom. The van der Waals surface area contributed by atoms with E-state index in [0.29, 0.717) is 22.2 Å². The van der Waals surface area contributed by atoms with Gasteiger partial charge in [-0.05, 0) is 12.5 Å². The minimum atomic E-state index is -0.289. The van der Waals surface area contributed by atoms with Crippen LogP contribution in [0, 0.1) is 0 Å². The number of halogens is 2. The third-order valence-corrected chi connectivity index (χ3v) is 3.37. The molecule has 0 aliphatic heterocycles. The van der Waals surface area contributed by atoms with Crippen LogP contribution in [0.3, 0.4) is 0 Å². The first kappa shape index (κ1) is 14.3. The number of nitrogens with two attached hydrogens (primary N) is 1. The molecule has 2 rings (SSSR count). The summed E-state index contributed by atoms with van der Waals surface area (Å²) in [5.74, 6) is 0.946. The van der Waals surface area contributed by atoms with E-state index in [1.807, 2.05) is 6.20 Å². The molecule has 6 heteroatoms. The third-order valence-electron chi connectivity index (χ3n) is 2.86. The highest BCUT2D eigenvalue weighted by Gasteiger charge is 2.15. The Kier molecular flexibility index (Phi) is 4.80. The van der Waals surface area contributed by atoms with Gasteiger partial charge in [-0.15, -0.1) is 0 Å². The van der Waals surface area contributed by atoms with Gasteiger partial charge in [0.1, 0.15) is 5.82 Å². The summed E-state index contributed by atoms with van der Waals surface area (Å²) in [7, 11) is 0. The van der Waals surface area contributed by atoms with Gasteiger partial charge in [-0.1, -0.05) is 30.1 Å². The molecule has 19 heavy (non-hydrogen) atoms. The lowest BCUT2D eigenvalue weighted by Crippen LogP contribution is -2.18. The van der Waals surface area contributed by atoms with Crippen LogP contribution in [0.1, 0.15) is 30.9 Å². The van der Waals surface area contributed by atoms with Crippen LogP contribution >= 0.6 is 23.2 Å². The van der Waals surface area contributed by atoms with Crippen molar-refractivity contribution in [3.63, 3.8) is 0 Å². The van der Waals surface area contributed by atoms with Crippen LogP contribution in [0.4, 0.5) is 0 Å². The molecule has 1 atom stereocenters. The Bertz CT molecular complexity index is 553. The molecule has 0 aliphatic rings. The van der Waals surface area contributed by atoms with Crippen molar-refractivity contribution in [2.24, 2.45) is 5.73 Å². The predicted octanol–water partition coefficient (Wildman–Crippen LogP) is 3.24. The second kappa shape index (κ2) is 6.37. The Morgan fingerprint density at radius 3 is 2.84 bits per heavy atom. The van der Waals surface area contributed by atoms with E-state index in [1.165, 1.54) is 0 Å². The quantitative estimate of drug-likeness (QED) is 0.922. The smallest absolute Gasteiger partial charge is 0.110 e. The number of aryl methyl sites for hydroxylation is 1. The van der Waals surface area contributed by atoms with Crippen LogP contribution in [0.5, 0.6) is 0 Å². The van der Waals surface area contributed by atoms with E-state index in [0.717, 1.165) is 18.8 Å². The molecule has 0 saturated carbocycles. The van der Waals surface area contributed by atoms with E-state index in [2.05, 4.69) is 21.5 Å². The molecule has 0 radical (unpaired) electrons. The van der Waals surface area contributed by atoms with Crippen LogP contribution in [-0.2, 0) is 13.0 Å². The first-order valence-corrected chi connectivity index (χ1v) is 6.94. The highest BCUT2D eigenvalue weighted by molar-refractivity contribution is 6.34. The van der Waals surface area contributed by atoms with Crippen LogP contribution in [0.2, 0.25) is 10.0 Å². The Balaban J connectivity index is 2.16. The molecule has 0 saturated heterocycles. The van der Waals surface area contributed by atoms with Crippen LogP contribution < -0.4 is 5.73 Å². The zero-order valence-corrected chi connectivity index (χ0v) is 12.2. The molecule has 2 N–H and O–H groups in total. The fourth-order valence-corrected chi connectivity index (χ4v) is 2.49. The number of hydrogen-bond acceptors (Lipinski definition) is 3. The van der Waals surface area contributed by atoms with Gasteiger partial charge in [-0.2, -0.15) is 0 Å². The third kappa shape index (κ3) is 3.47. The predicted molar refractivity (Wildman–Crippen MR) is 77.4 cm³/mol.